The monoisotopic (exact) mass is 313 g/mol. The summed E-state index contributed by atoms with van der Waals surface area (Å²) >= 11 is 1.50. The second kappa shape index (κ2) is 10.6. The number of rotatable bonds is 10. The molecule has 0 aliphatic heterocycles. The van der Waals surface area contributed by atoms with Gasteiger partial charge < -0.3 is 19.5 Å². The Morgan fingerprint density at radius 2 is 1.86 bits per heavy atom. The average Bonchev–Trinajstić information content (AvgIpc) is 2.52. The Bertz CT molecular complexity index is 407. The lowest BCUT2D eigenvalue weighted by Gasteiger charge is -2.13. The van der Waals surface area contributed by atoms with Crippen molar-refractivity contribution in [1.82, 2.24) is 5.32 Å². The Morgan fingerprint density at radius 1 is 1.19 bits per heavy atom. The van der Waals surface area contributed by atoms with Crippen molar-refractivity contribution in [3.8, 4) is 0 Å². The van der Waals surface area contributed by atoms with E-state index in [2.05, 4.69) is 5.32 Å². The Labute approximate surface area is 130 Å². The topological polar surface area (TPSA) is 56.8 Å². The van der Waals surface area contributed by atoms with E-state index >= 15 is 0 Å². The maximum absolute atomic E-state index is 11.6. The maximum Gasteiger partial charge on any atom is 0.230 e. The third kappa shape index (κ3) is 6.95. The lowest BCUT2D eigenvalue weighted by Crippen LogP contribution is -2.26. The molecule has 0 aliphatic rings. The Balaban J connectivity index is 2.33. The summed E-state index contributed by atoms with van der Waals surface area (Å²) in [5.74, 6) is 0.441. The second-order valence-electron chi connectivity index (χ2n) is 4.36. The zero-order valence-corrected chi connectivity index (χ0v) is 13.6. The fraction of sp³-hybridized carbons (Fsp3) is 0.533. The SMILES string of the molecule is COCCCNC(=O)CSc1ccc(C(OC)OC)cc1. The van der Waals surface area contributed by atoms with E-state index in [4.69, 9.17) is 14.2 Å². The van der Waals surface area contributed by atoms with Crippen molar-refractivity contribution in [2.45, 2.75) is 17.6 Å². The molecule has 5 nitrogen and oxygen atoms in total. The summed E-state index contributed by atoms with van der Waals surface area (Å²) < 4.78 is 15.3. The first-order chi connectivity index (χ1) is 10.2. The van der Waals surface area contributed by atoms with Crippen LogP contribution in [0.2, 0.25) is 0 Å². The second-order valence-corrected chi connectivity index (χ2v) is 5.41. The zero-order valence-electron chi connectivity index (χ0n) is 12.8. The highest BCUT2D eigenvalue weighted by Gasteiger charge is 2.08. The van der Waals surface area contributed by atoms with Crippen LogP contribution in [0.25, 0.3) is 0 Å². The minimum Gasteiger partial charge on any atom is -0.385 e. The molecular weight excluding hydrogens is 290 g/mol. The average molecular weight is 313 g/mol. The summed E-state index contributed by atoms with van der Waals surface area (Å²) in [5.41, 5.74) is 0.952. The first-order valence-corrected chi connectivity index (χ1v) is 7.73. The summed E-state index contributed by atoms with van der Waals surface area (Å²) in [5, 5.41) is 2.86. The van der Waals surface area contributed by atoms with Gasteiger partial charge in [-0.3, -0.25) is 4.79 Å². The lowest BCUT2D eigenvalue weighted by molar-refractivity contribution is -0.118. The molecule has 1 rings (SSSR count). The normalized spacial score (nSPS) is 10.9. The van der Waals surface area contributed by atoms with Gasteiger partial charge in [0.25, 0.3) is 0 Å². The number of hydrogen-bond donors (Lipinski definition) is 1. The number of methoxy groups -OCH3 is 3. The molecule has 0 saturated carbocycles. The van der Waals surface area contributed by atoms with Crippen molar-refractivity contribution in [1.29, 1.82) is 0 Å². The van der Waals surface area contributed by atoms with E-state index in [1.807, 2.05) is 24.3 Å². The summed E-state index contributed by atoms with van der Waals surface area (Å²) in [6, 6.07) is 7.81. The van der Waals surface area contributed by atoms with Gasteiger partial charge in [0.15, 0.2) is 6.29 Å². The smallest absolute Gasteiger partial charge is 0.230 e. The number of nitrogens with one attached hydrogen (secondary N) is 1. The molecule has 0 aromatic heterocycles. The van der Waals surface area contributed by atoms with Gasteiger partial charge in [-0.2, -0.15) is 0 Å². The van der Waals surface area contributed by atoms with Crippen LogP contribution >= 0.6 is 11.8 Å². The third-order valence-corrected chi connectivity index (χ3v) is 3.81. The predicted octanol–water partition coefficient (Wildman–Crippen LogP) is 2.22. The first-order valence-electron chi connectivity index (χ1n) is 6.75. The molecule has 0 fully saturated rings. The van der Waals surface area contributed by atoms with Gasteiger partial charge in [0.05, 0.1) is 5.75 Å². The number of carbonyl (C=O) groups excluding carboxylic acids is 1. The predicted molar refractivity (Wildman–Crippen MR) is 83.4 cm³/mol. The molecule has 0 atom stereocenters. The van der Waals surface area contributed by atoms with Crippen LogP contribution in [0.1, 0.15) is 18.3 Å². The van der Waals surface area contributed by atoms with Crippen molar-refractivity contribution in [3.63, 3.8) is 0 Å². The maximum atomic E-state index is 11.6. The highest BCUT2D eigenvalue weighted by atomic mass is 32.2. The van der Waals surface area contributed by atoms with Gasteiger partial charge in [-0.25, -0.2) is 0 Å². The molecule has 1 aromatic carbocycles. The van der Waals surface area contributed by atoms with E-state index in [0.717, 1.165) is 16.9 Å². The molecule has 0 heterocycles. The molecule has 0 radical (unpaired) electrons. The molecule has 1 aromatic rings. The van der Waals surface area contributed by atoms with Crippen molar-refractivity contribution < 1.29 is 19.0 Å². The summed E-state index contributed by atoms with van der Waals surface area (Å²) in [4.78, 5) is 12.7. The highest BCUT2D eigenvalue weighted by Crippen LogP contribution is 2.22. The quantitative estimate of drug-likeness (QED) is 0.408. The molecular formula is C15H23NO4S. The molecule has 0 saturated heterocycles. The lowest BCUT2D eigenvalue weighted by atomic mass is 10.2. The van der Waals surface area contributed by atoms with Crippen LogP contribution in [0.4, 0.5) is 0 Å². The summed E-state index contributed by atoms with van der Waals surface area (Å²) in [7, 11) is 4.86. The van der Waals surface area contributed by atoms with E-state index in [-0.39, 0.29) is 12.2 Å². The highest BCUT2D eigenvalue weighted by molar-refractivity contribution is 8.00. The third-order valence-electron chi connectivity index (χ3n) is 2.80. The van der Waals surface area contributed by atoms with Crippen molar-refractivity contribution in [3.05, 3.63) is 29.8 Å². The molecule has 0 aliphatic carbocycles. The molecule has 0 spiro atoms. The van der Waals surface area contributed by atoms with Crippen LogP contribution in [0.15, 0.2) is 29.2 Å². The van der Waals surface area contributed by atoms with Crippen LogP contribution in [-0.2, 0) is 19.0 Å². The zero-order chi connectivity index (χ0) is 15.5. The van der Waals surface area contributed by atoms with Crippen LogP contribution in [0, 0.1) is 0 Å². The fourth-order valence-corrected chi connectivity index (χ4v) is 2.46. The largest absolute Gasteiger partial charge is 0.385 e. The number of carbonyl (C=O) groups is 1. The number of amides is 1. The van der Waals surface area contributed by atoms with Gasteiger partial charge in [0.1, 0.15) is 0 Å². The van der Waals surface area contributed by atoms with Crippen molar-refractivity contribution >= 4 is 17.7 Å². The minimum atomic E-state index is -0.354. The van der Waals surface area contributed by atoms with E-state index in [1.165, 1.54) is 11.8 Å². The summed E-state index contributed by atoms with van der Waals surface area (Å²) in [6.45, 7) is 1.31. The molecule has 0 unspecified atom stereocenters. The van der Waals surface area contributed by atoms with Gasteiger partial charge in [-0.05, 0) is 18.6 Å². The van der Waals surface area contributed by atoms with E-state index in [1.54, 1.807) is 21.3 Å². The number of hydrogen-bond acceptors (Lipinski definition) is 5. The van der Waals surface area contributed by atoms with Gasteiger partial charge in [-0.1, -0.05) is 12.1 Å². The van der Waals surface area contributed by atoms with E-state index in [9.17, 15) is 4.79 Å². The number of ether oxygens (including phenoxy) is 3. The van der Waals surface area contributed by atoms with Gasteiger partial charge >= 0.3 is 0 Å². The van der Waals surface area contributed by atoms with Gasteiger partial charge in [0.2, 0.25) is 5.91 Å². The Kier molecular flexibility index (Phi) is 9.09. The Hall–Kier alpha value is -1.08. The minimum absolute atomic E-state index is 0.0341. The van der Waals surface area contributed by atoms with Crippen LogP contribution in [-0.4, -0.2) is 46.1 Å². The molecule has 118 valence electrons. The first kappa shape index (κ1) is 18.0. The molecule has 21 heavy (non-hydrogen) atoms. The van der Waals surface area contributed by atoms with Crippen LogP contribution in [0.5, 0.6) is 0 Å². The fourth-order valence-electron chi connectivity index (χ4n) is 1.73. The van der Waals surface area contributed by atoms with Crippen LogP contribution < -0.4 is 5.32 Å². The summed E-state index contributed by atoms with van der Waals surface area (Å²) in [6.07, 6.45) is 0.477. The van der Waals surface area contributed by atoms with Gasteiger partial charge in [-0.15, -0.1) is 11.8 Å². The van der Waals surface area contributed by atoms with Crippen molar-refractivity contribution in [2.75, 3.05) is 40.2 Å². The molecule has 6 heteroatoms. The van der Waals surface area contributed by atoms with Gasteiger partial charge in [0, 0.05) is 44.9 Å². The number of thioether (sulfide) groups is 1. The van der Waals surface area contributed by atoms with E-state index in [0.29, 0.717) is 18.9 Å². The Morgan fingerprint density at radius 3 is 2.43 bits per heavy atom. The molecule has 1 amide bonds. The molecule has 1 N–H and O–H groups in total. The van der Waals surface area contributed by atoms with Crippen LogP contribution in [0.3, 0.4) is 0 Å². The van der Waals surface area contributed by atoms with Crippen molar-refractivity contribution in [2.24, 2.45) is 0 Å². The number of benzene rings is 1. The standard InChI is InChI=1S/C15H23NO4S/c1-18-10-4-9-16-14(17)11-21-13-7-5-12(6-8-13)15(19-2)20-3/h5-8,15H,4,9-11H2,1-3H3,(H,16,17). The molecule has 0 bridgehead atoms. The van der Waals surface area contributed by atoms with E-state index < -0.39 is 0 Å².